The van der Waals surface area contributed by atoms with Crippen molar-refractivity contribution in [3.8, 4) is 0 Å². The highest BCUT2D eigenvalue weighted by atomic mass is 32.1. The molecule has 0 spiro atoms. The molecule has 0 bridgehead atoms. The first-order chi connectivity index (χ1) is 9.72. The highest BCUT2D eigenvalue weighted by Crippen LogP contribution is 2.16. The molecule has 2 rings (SSSR count). The zero-order valence-corrected chi connectivity index (χ0v) is 12.4. The number of para-hydroxylation sites is 2. The molecular formula is C14H19N3O2S. The minimum Gasteiger partial charge on any atom is -0.393 e. The van der Waals surface area contributed by atoms with E-state index in [0.717, 1.165) is 23.4 Å². The van der Waals surface area contributed by atoms with Gasteiger partial charge in [0.25, 0.3) is 0 Å². The van der Waals surface area contributed by atoms with Crippen LogP contribution in [-0.2, 0) is 22.4 Å². The van der Waals surface area contributed by atoms with E-state index in [1.807, 2.05) is 24.3 Å². The van der Waals surface area contributed by atoms with Gasteiger partial charge in [-0.3, -0.25) is 0 Å². The van der Waals surface area contributed by atoms with E-state index in [2.05, 4.69) is 9.55 Å². The van der Waals surface area contributed by atoms with Gasteiger partial charge in [0.05, 0.1) is 42.3 Å². The van der Waals surface area contributed by atoms with Crippen molar-refractivity contribution >= 4 is 28.2 Å². The van der Waals surface area contributed by atoms with Crippen LogP contribution < -0.4 is 5.73 Å². The van der Waals surface area contributed by atoms with E-state index in [-0.39, 0.29) is 0 Å². The van der Waals surface area contributed by atoms with E-state index in [4.69, 9.17) is 27.4 Å². The Balaban J connectivity index is 2.13. The van der Waals surface area contributed by atoms with E-state index in [0.29, 0.717) is 31.2 Å². The number of fused-ring (bicyclic) bond motifs is 1. The number of aromatic nitrogens is 2. The summed E-state index contributed by atoms with van der Waals surface area (Å²) in [5, 5.41) is 0. The zero-order valence-electron chi connectivity index (χ0n) is 11.5. The van der Waals surface area contributed by atoms with E-state index >= 15 is 0 Å². The predicted octanol–water partition coefficient (Wildman–Crippen LogP) is 1.53. The second-order valence-corrected chi connectivity index (χ2v) is 4.94. The smallest absolute Gasteiger partial charge is 0.116 e. The molecule has 0 saturated carbocycles. The number of ether oxygens (including phenoxy) is 2. The summed E-state index contributed by atoms with van der Waals surface area (Å²) in [5.41, 5.74) is 7.67. The van der Waals surface area contributed by atoms with Crippen LogP contribution in [0.5, 0.6) is 0 Å². The SMILES string of the molecule is COCCOCCn1c(CC(N)=S)nc2ccccc21. The molecule has 0 aliphatic rings. The first-order valence-electron chi connectivity index (χ1n) is 6.51. The second kappa shape index (κ2) is 7.33. The molecule has 5 nitrogen and oxygen atoms in total. The Kier molecular flexibility index (Phi) is 5.46. The van der Waals surface area contributed by atoms with Gasteiger partial charge in [0.1, 0.15) is 5.82 Å². The highest BCUT2D eigenvalue weighted by Gasteiger charge is 2.10. The van der Waals surface area contributed by atoms with Crippen molar-refractivity contribution in [3.63, 3.8) is 0 Å². The van der Waals surface area contributed by atoms with Gasteiger partial charge in [0, 0.05) is 13.7 Å². The molecule has 0 aliphatic heterocycles. The van der Waals surface area contributed by atoms with Crippen molar-refractivity contribution in [2.24, 2.45) is 5.73 Å². The van der Waals surface area contributed by atoms with Crippen LogP contribution in [0.3, 0.4) is 0 Å². The summed E-state index contributed by atoms with van der Waals surface area (Å²) in [6.45, 7) is 2.52. The molecule has 108 valence electrons. The molecule has 2 N–H and O–H groups in total. The van der Waals surface area contributed by atoms with Crippen molar-refractivity contribution in [2.45, 2.75) is 13.0 Å². The van der Waals surface area contributed by atoms with Gasteiger partial charge in [-0.15, -0.1) is 0 Å². The number of hydrogen-bond acceptors (Lipinski definition) is 4. The Morgan fingerprint density at radius 2 is 2.10 bits per heavy atom. The third-order valence-corrected chi connectivity index (χ3v) is 3.10. The van der Waals surface area contributed by atoms with Gasteiger partial charge in [0.15, 0.2) is 0 Å². The first-order valence-corrected chi connectivity index (χ1v) is 6.92. The summed E-state index contributed by atoms with van der Waals surface area (Å²) in [4.78, 5) is 5.03. The van der Waals surface area contributed by atoms with Gasteiger partial charge in [-0.2, -0.15) is 0 Å². The predicted molar refractivity (Wildman–Crippen MR) is 82.9 cm³/mol. The van der Waals surface area contributed by atoms with Gasteiger partial charge in [-0.05, 0) is 12.1 Å². The van der Waals surface area contributed by atoms with E-state index in [1.165, 1.54) is 0 Å². The van der Waals surface area contributed by atoms with Crippen molar-refractivity contribution in [3.05, 3.63) is 30.1 Å². The summed E-state index contributed by atoms with van der Waals surface area (Å²) < 4.78 is 12.6. The lowest BCUT2D eigenvalue weighted by Crippen LogP contribution is -2.17. The summed E-state index contributed by atoms with van der Waals surface area (Å²) >= 11 is 4.99. The standard InChI is InChI=1S/C14H19N3O2S/c1-18-8-9-19-7-6-17-12-5-3-2-4-11(12)16-14(17)10-13(15)20/h2-5H,6-10H2,1H3,(H2,15,20). The van der Waals surface area contributed by atoms with Crippen LogP contribution in [0.1, 0.15) is 5.82 Å². The second-order valence-electron chi connectivity index (χ2n) is 4.42. The van der Waals surface area contributed by atoms with Gasteiger partial charge in [0.2, 0.25) is 0 Å². The van der Waals surface area contributed by atoms with E-state index in [1.54, 1.807) is 7.11 Å². The number of methoxy groups -OCH3 is 1. The van der Waals surface area contributed by atoms with Crippen LogP contribution in [0.2, 0.25) is 0 Å². The average Bonchev–Trinajstić information content (AvgIpc) is 2.75. The Labute approximate surface area is 123 Å². The fourth-order valence-electron chi connectivity index (χ4n) is 2.07. The molecule has 2 aromatic rings. The first kappa shape index (κ1) is 14.9. The summed E-state index contributed by atoms with van der Waals surface area (Å²) in [6, 6.07) is 8.00. The number of benzene rings is 1. The number of nitrogens with zero attached hydrogens (tertiary/aromatic N) is 2. The molecule has 20 heavy (non-hydrogen) atoms. The zero-order chi connectivity index (χ0) is 14.4. The molecule has 0 fully saturated rings. The maximum atomic E-state index is 5.64. The third-order valence-electron chi connectivity index (χ3n) is 2.96. The Morgan fingerprint density at radius 3 is 2.85 bits per heavy atom. The quantitative estimate of drug-likeness (QED) is 0.591. The van der Waals surface area contributed by atoms with Crippen molar-refractivity contribution in [1.82, 2.24) is 9.55 Å². The van der Waals surface area contributed by atoms with Crippen LogP contribution in [0.25, 0.3) is 11.0 Å². The largest absolute Gasteiger partial charge is 0.393 e. The lowest BCUT2D eigenvalue weighted by molar-refractivity contribution is 0.0667. The van der Waals surface area contributed by atoms with Crippen LogP contribution in [-0.4, -0.2) is 41.5 Å². The molecule has 0 atom stereocenters. The minimum atomic E-state index is 0.446. The van der Waals surface area contributed by atoms with Crippen LogP contribution in [0.4, 0.5) is 0 Å². The number of rotatable bonds is 8. The number of nitrogens with two attached hydrogens (primary N) is 1. The van der Waals surface area contributed by atoms with Crippen LogP contribution >= 0.6 is 12.2 Å². The van der Waals surface area contributed by atoms with Crippen molar-refractivity contribution < 1.29 is 9.47 Å². The highest BCUT2D eigenvalue weighted by molar-refractivity contribution is 7.80. The fraction of sp³-hybridized carbons (Fsp3) is 0.429. The average molecular weight is 293 g/mol. The lowest BCUT2D eigenvalue weighted by atomic mass is 10.3. The maximum Gasteiger partial charge on any atom is 0.116 e. The van der Waals surface area contributed by atoms with E-state index in [9.17, 15) is 0 Å². The normalized spacial score (nSPS) is 11.1. The monoisotopic (exact) mass is 293 g/mol. The molecule has 0 saturated heterocycles. The van der Waals surface area contributed by atoms with Crippen molar-refractivity contribution in [2.75, 3.05) is 26.9 Å². The van der Waals surface area contributed by atoms with Crippen LogP contribution in [0, 0.1) is 0 Å². The maximum absolute atomic E-state index is 5.64. The molecule has 0 aliphatic carbocycles. The van der Waals surface area contributed by atoms with Gasteiger partial charge in [-0.1, -0.05) is 24.4 Å². The summed E-state index contributed by atoms with van der Waals surface area (Å²) in [7, 11) is 1.66. The van der Waals surface area contributed by atoms with Crippen molar-refractivity contribution in [1.29, 1.82) is 0 Å². The summed E-state index contributed by atoms with van der Waals surface area (Å²) in [6.07, 6.45) is 0.502. The molecule has 1 aromatic heterocycles. The minimum absolute atomic E-state index is 0.446. The molecule has 6 heteroatoms. The third kappa shape index (κ3) is 3.75. The lowest BCUT2D eigenvalue weighted by Gasteiger charge is -2.09. The number of imidazole rings is 1. The fourth-order valence-corrected chi connectivity index (χ4v) is 2.19. The molecular weight excluding hydrogens is 274 g/mol. The molecule has 0 radical (unpaired) electrons. The number of hydrogen-bond donors (Lipinski definition) is 1. The Bertz CT molecular complexity index is 583. The molecule has 0 unspecified atom stereocenters. The summed E-state index contributed by atoms with van der Waals surface area (Å²) in [5.74, 6) is 0.883. The Morgan fingerprint density at radius 1 is 1.30 bits per heavy atom. The molecule has 1 heterocycles. The van der Waals surface area contributed by atoms with E-state index < -0.39 is 0 Å². The molecule has 1 aromatic carbocycles. The molecule has 0 amide bonds. The van der Waals surface area contributed by atoms with Gasteiger partial charge in [-0.25, -0.2) is 4.98 Å². The number of thiocarbonyl (C=S) groups is 1. The van der Waals surface area contributed by atoms with Gasteiger partial charge < -0.3 is 19.8 Å². The Hall–Kier alpha value is -1.50. The van der Waals surface area contributed by atoms with Crippen LogP contribution in [0.15, 0.2) is 24.3 Å². The topological polar surface area (TPSA) is 62.3 Å². The van der Waals surface area contributed by atoms with Gasteiger partial charge >= 0.3 is 0 Å².